The van der Waals surface area contributed by atoms with Gasteiger partial charge in [-0.05, 0) is 99.7 Å². The summed E-state index contributed by atoms with van der Waals surface area (Å²) in [5.41, 5.74) is 4.83. The van der Waals surface area contributed by atoms with Crippen LogP contribution in [0.25, 0.3) is 43.4 Å². The van der Waals surface area contributed by atoms with E-state index in [0.717, 1.165) is 86.5 Å². The smallest absolute Gasteiger partial charge is 0.319 e. The second kappa shape index (κ2) is 21.6. The highest BCUT2D eigenvalue weighted by Crippen LogP contribution is 2.44. The zero-order chi connectivity index (χ0) is 55.6. The lowest BCUT2D eigenvalue weighted by Crippen LogP contribution is -2.60. The van der Waals surface area contributed by atoms with E-state index < -0.39 is 29.7 Å². The average molecular weight is 1110 g/mol. The van der Waals surface area contributed by atoms with Crippen molar-refractivity contribution in [3.63, 3.8) is 0 Å². The number of nitrogens with one attached hydrogen (secondary N) is 2. The van der Waals surface area contributed by atoms with Gasteiger partial charge in [0, 0.05) is 86.4 Å². The Bertz CT molecular complexity index is 3530. The standard InChI is InChI=1S/C60H65F2N11O6S/c1-6-43-46(61)15-14-38-22-41(74)23-44(51(38)43)53-52(62)54-45(27-64-53)56(72-28-39-8-7-9-40(72)26-63-39)68-59(67-54)78-21-20-70-18-16-60(17-19-70)30-71(31-60)49-25-48(79-69-49)50(33(2)3)58(77)73-29-42(75)24-47(73)57(76)66-34(4)36-10-12-37(13-11-36)55-35(5)65-32-80-55/h1,10-15,22-23,25,27,32-34,39-40,42,47,50,63,74-75H,7-9,16-21,24,26,28-31H2,2-5H3,(H,66,76)/t34-,39?,40?,42+,47-,50+/m0/s1. The van der Waals surface area contributed by atoms with Crippen LogP contribution in [0.5, 0.6) is 11.8 Å². The topological polar surface area (TPSA) is 198 Å². The lowest BCUT2D eigenvalue weighted by atomic mass is 9.72. The molecule has 2 bridgehead atoms. The predicted molar refractivity (Wildman–Crippen MR) is 301 cm³/mol. The monoisotopic (exact) mass is 1110 g/mol. The minimum atomic E-state index is -0.841. The number of likely N-dealkylation sites (tertiary alicyclic amines) is 2. The summed E-state index contributed by atoms with van der Waals surface area (Å²) >= 11 is 1.58. The number of phenolic OH excluding ortho intramolecular Hbond substituents is 1. The Hall–Kier alpha value is -7.31. The molecule has 6 aliphatic rings. The molecule has 416 valence electrons. The number of β-amino-alcohol motifs (C(OH)–C–C–N with tert-alkyl or cyclic N) is 1. The summed E-state index contributed by atoms with van der Waals surface area (Å²) < 4.78 is 44.6. The summed E-state index contributed by atoms with van der Waals surface area (Å²) in [5, 5.41) is 33.9. The molecule has 0 saturated carbocycles. The van der Waals surface area contributed by atoms with Gasteiger partial charge in [-0.15, -0.1) is 17.8 Å². The van der Waals surface area contributed by atoms with E-state index in [-0.39, 0.29) is 100 Å². The molecule has 6 aliphatic heterocycles. The first-order valence-electron chi connectivity index (χ1n) is 27.8. The molecular weight excluding hydrogens is 1040 g/mol. The number of thiazole rings is 1. The zero-order valence-electron chi connectivity index (χ0n) is 45.3. The average Bonchev–Trinajstić information content (AvgIpc) is 4.21. The van der Waals surface area contributed by atoms with Gasteiger partial charge < -0.3 is 44.8 Å². The number of piperazine rings is 1. The van der Waals surface area contributed by atoms with Gasteiger partial charge in [-0.3, -0.25) is 19.5 Å². The van der Waals surface area contributed by atoms with Crippen molar-refractivity contribution < 1.29 is 37.8 Å². The third-order valence-electron chi connectivity index (χ3n) is 17.3. The number of amides is 2. The third kappa shape index (κ3) is 10.1. The number of anilines is 2. The van der Waals surface area contributed by atoms with Crippen molar-refractivity contribution in [1.82, 2.24) is 45.5 Å². The van der Waals surface area contributed by atoms with Crippen LogP contribution in [0.15, 0.2) is 70.8 Å². The highest BCUT2D eigenvalue weighted by molar-refractivity contribution is 7.13. The third-order valence-corrected chi connectivity index (χ3v) is 18.3. The number of carbonyl (C=O) groups excluding carboxylic acids is 2. The van der Waals surface area contributed by atoms with Crippen molar-refractivity contribution in [2.45, 2.75) is 102 Å². The van der Waals surface area contributed by atoms with E-state index in [9.17, 15) is 19.8 Å². The number of piperidine rings is 1. The second-order valence-corrected chi connectivity index (χ2v) is 23.7. The molecule has 0 radical (unpaired) electrons. The quantitative estimate of drug-likeness (QED) is 0.0761. The highest BCUT2D eigenvalue weighted by atomic mass is 32.1. The summed E-state index contributed by atoms with van der Waals surface area (Å²) in [6, 6.07) is 14.7. The fourth-order valence-electron chi connectivity index (χ4n) is 12.9. The number of halogens is 2. The number of benzene rings is 3. The molecule has 13 rings (SSSR count). The first-order valence-corrected chi connectivity index (χ1v) is 28.7. The molecule has 1 spiro atoms. The molecule has 2 amide bonds. The summed E-state index contributed by atoms with van der Waals surface area (Å²) in [6.07, 6.45) is 11.6. The van der Waals surface area contributed by atoms with E-state index in [1.54, 1.807) is 17.5 Å². The largest absolute Gasteiger partial charge is 0.508 e. The number of aromatic nitrogens is 5. The van der Waals surface area contributed by atoms with E-state index >= 15 is 8.78 Å². The molecule has 17 nitrogen and oxygen atoms in total. The lowest BCUT2D eigenvalue weighted by molar-refractivity contribution is -0.141. The van der Waals surface area contributed by atoms with Crippen LogP contribution < -0.4 is 25.2 Å². The minimum absolute atomic E-state index is 0.00457. The van der Waals surface area contributed by atoms with Gasteiger partial charge in [-0.25, -0.2) is 13.8 Å². The number of aliphatic hydroxyl groups excluding tert-OH is 1. The molecule has 7 aromatic rings. The van der Waals surface area contributed by atoms with Crippen LogP contribution in [0, 0.1) is 42.2 Å². The Balaban J connectivity index is 0.684. The van der Waals surface area contributed by atoms with Crippen molar-refractivity contribution in [2.24, 2.45) is 11.3 Å². The lowest BCUT2D eigenvalue weighted by Gasteiger charge is -2.54. The Morgan fingerprint density at radius 3 is 2.59 bits per heavy atom. The van der Waals surface area contributed by atoms with E-state index in [2.05, 4.69) is 51.4 Å². The molecule has 4 aromatic heterocycles. The molecule has 2 unspecified atom stereocenters. The molecule has 6 fully saturated rings. The van der Waals surface area contributed by atoms with E-state index in [1.165, 1.54) is 29.2 Å². The van der Waals surface area contributed by atoms with Crippen LogP contribution in [-0.4, -0.2) is 140 Å². The molecule has 10 heterocycles. The van der Waals surface area contributed by atoms with Gasteiger partial charge in [0.15, 0.2) is 17.4 Å². The fraction of sp³-hybridized carbons (Fsp3) is 0.450. The maximum atomic E-state index is 17.2. The first-order chi connectivity index (χ1) is 38.6. The summed E-state index contributed by atoms with van der Waals surface area (Å²) in [7, 11) is 0. The van der Waals surface area contributed by atoms with Gasteiger partial charge in [0.05, 0.1) is 39.2 Å². The van der Waals surface area contributed by atoms with E-state index in [1.807, 2.05) is 63.5 Å². The molecule has 80 heavy (non-hydrogen) atoms. The molecule has 6 atom stereocenters. The first kappa shape index (κ1) is 53.3. The fourth-order valence-corrected chi connectivity index (χ4v) is 13.7. The number of nitrogens with zero attached hydrogens (tertiary/aromatic N) is 9. The number of aliphatic hydroxyl groups is 1. The van der Waals surface area contributed by atoms with Crippen molar-refractivity contribution in [3.8, 4) is 45.8 Å². The van der Waals surface area contributed by atoms with Crippen molar-refractivity contribution >= 4 is 56.5 Å². The van der Waals surface area contributed by atoms with Crippen molar-refractivity contribution in [1.29, 1.82) is 0 Å². The number of aromatic hydroxyl groups is 1. The summed E-state index contributed by atoms with van der Waals surface area (Å²) in [5.74, 6) is 1.01. The number of hydrogen-bond acceptors (Lipinski definition) is 16. The number of carbonyl (C=O) groups is 2. The van der Waals surface area contributed by atoms with Gasteiger partial charge >= 0.3 is 6.01 Å². The molecule has 20 heteroatoms. The maximum Gasteiger partial charge on any atom is 0.319 e. The van der Waals surface area contributed by atoms with Crippen LogP contribution in [0.2, 0.25) is 0 Å². The molecule has 0 aliphatic carbocycles. The SMILES string of the molecule is C#Cc1c(F)ccc2cc(O)cc(-c3ncc4c(N5CC6CCCC5CN6)nc(OCCN5CCC6(CC5)CN(c5cc([C@H](C(=O)N7C[C@H](O)C[C@H]7C(=O)N[C@@H](C)c7ccc(-c8scnc8C)cc7)C(C)C)on5)C6)nc4c3F)c12. The number of terminal acetylenes is 1. The van der Waals surface area contributed by atoms with E-state index in [0.29, 0.717) is 41.3 Å². The Kier molecular flexibility index (Phi) is 14.4. The maximum absolute atomic E-state index is 17.2. The number of phenols is 1. The van der Waals surface area contributed by atoms with Crippen molar-refractivity contribution in [3.05, 3.63) is 101 Å². The number of rotatable bonds is 14. The van der Waals surface area contributed by atoms with E-state index in [4.69, 9.17) is 20.7 Å². The highest BCUT2D eigenvalue weighted by Gasteiger charge is 2.47. The Morgan fingerprint density at radius 1 is 1.04 bits per heavy atom. The van der Waals surface area contributed by atoms with Crippen LogP contribution in [0.1, 0.15) is 93.8 Å². The Morgan fingerprint density at radius 2 is 1.84 bits per heavy atom. The normalized spacial score (nSPS) is 21.7. The summed E-state index contributed by atoms with van der Waals surface area (Å²) in [4.78, 5) is 56.3. The number of fused-ring (bicyclic) bond motifs is 6. The molecule has 4 N–H and O–H groups in total. The van der Waals surface area contributed by atoms with Gasteiger partial charge in [0.25, 0.3) is 0 Å². The van der Waals surface area contributed by atoms with Gasteiger partial charge in [0.1, 0.15) is 47.2 Å². The summed E-state index contributed by atoms with van der Waals surface area (Å²) in [6.45, 7) is 13.4. The van der Waals surface area contributed by atoms with Crippen LogP contribution in [-0.2, 0) is 9.59 Å². The van der Waals surface area contributed by atoms with Crippen LogP contribution in [0.3, 0.4) is 0 Å². The van der Waals surface area contributed by atoms with Gasteiger partial charge in [-0.2, -0.15) is 9.97 Å². The zero-order valence-corrected chi connectivity index (χ0v) is 46.1. The number of hydrogen-bond donors (Lipinski definition) is 4. The number of ether oxygens (including phenoxy) is 1. The van der Waals surface area contributed by atoms with Crippen molar-refractivity contribution in [2.75, 3.05) is 68.8 Å². The van der Waals surface area contributed by atoms with Gasteiger partial charge in [0.2, 0.25) is 11.8 Å². The molecule has 3 aromatic carbocycles. The predicted octanol–water partition coefficient (Wildman–Crippen LogP) is 8.12. The minimum Gasteiger partial charge on any atom is -0.508 e. The number of aryl methyl sites for hydroxylation is 1. The number of pyridine rings is 1. The van der Waals surface area contributed by atoms with Gasteiger partial charge in [-0.1, -0.05) is 55.3 Å². The molecule has 6 saturated heterocycles. The Labute approximate surface area is 466 Å². The molecular formula is C60H65F2N11O6S. The van der Waals surface area contributed by atoms with Crippen LogP contribution >= 0.6 is 11.3 Å². The van der Waals surface area contributed by atoms with Crippen LogP contribution in [0.4, 0.5) is 20.4 Å². The second-order valence-electron chi connectivity index (χ2n) is 22.9.